The maximum absolute atomic E-state index is 7.50. The largest absolute Gasteiger partial charge is 0 e. The van der Waals surface area contributed by atoms with Gasteiger partial charge in [-0.25, -0.2) is 0 Å². The van der Waals surface area contributed by atoms with Crippen molar-refractivity contribution in [2.45, 2.75) is 12.8 Å². The SMILES string of the molecule is C1CCSC1.[C-]#[O+].[C-]#[O+].[C-]#[O+].[C-]#[O+].[C-]#[O+].[Cr]. The molecule has 0 amide bonds. The Labute approximate surface area is 110 Å². The maximum atomic E-state index is 7.50. The standard InChI is InChI=1S/C4H8S.5CO.Cr/c1-2-4-5-3-1;5*1-2;/h1-4H2;;;;;;. The van der Waals surface area contributed by atoms with Crippen molar-refractivity contribution >= 4 is 11.8 Å². The quantitative estimate of drug-likeness (QED) is 0.485. The van der Waals surface area contributed by atoms with Gasteiger partial charge in [0, 0.05) is 17.4 Å². The van der Waals surface area contributed by atoms with E-state index in [1.807, 2.05) is 0 Å². The van der Waals surface area contributed by atoms with Crippen LogP contribution in [0, 0.1) is 33.3 Å². The van der Waals surface area contributed by atoms with E-state index < -0.39 is 0 Å². The van der Waals surface area contributed by atoms with Crippen LogP contribution < -0.4 is 0 Å². The monoisotopic (exact) mass is 280 g/mol. The van der Waals surface area contributed by atoms with Crippen molar-refractivity contribution in [3.05, 3.63) is 33.3 Å². The zero-order chi connectivity index (χ0) is 13.5. The van der Waals surface area contributed by atoms with Gasteiger partial charge in [0.15, 0.2) is 0 Å². The van der Waals surface area contributed by atoms with Gasteiger partial charge in [-0.2, -0.15) is 11.8 Å². The van der Waals surface area contributed by atoms with Crippen LogP contribution in [-0.2, 0) is 40.6 Å². The molecule has 86 valence electrons. The van der Waals surface area contributed by atoms with Crippen LogP contribution in [0.1, 0.15) is 12.8 Å². The molecule has 0 aromatic heterocycles. The summed E-state index contributed by atoms with van der Waals surface area (Å²) in [5.74, 6) is 2.83. The van der Waals surface area contributed by atoms with E-state index in [-0.39, 0.29) is 17.4 Å². The Morgan fingerprint density at radius 3 is 0.812 bits per heavy atom. The third kappa shape index (κ3) is 102. The smallest absolute Gasteiger partial charge is 0 e. The Balaban J connectivity index is -0.0000000203. The van der Waals surface area contributed by atoms with Gasteiger partial charge in [0.25, 0.3) is 0 Å². The molecule has 1 saturated heterocycles. The van der Waals surface area contributed by atoms with Crippen molar-refractivity contribution < 1.29 is 40.6 Å². The van der Waals surface area contributed by atoms with Gasteiger partial charge >= 0.3 is 56.5 Å². The first kappa shape index (κ1) is 36.1. The molecule has 0 N–H and O–H groups in total. The Morgan fingerprint density at radius 1 is 0.562 bits per heavy atom. The van der Waals surface area contributed by atoms with Crippen LogP contribution in [0.2, 0.25) is 0 Å². The van der Waals surface area contributed by atoms with Crippen molar-refractivity contribution in [3.8, 4) is 0 Å². The molecule has 1 rings (SSSR count). The van der Waals surface area contributed by atoms with Gasteiger partial charge in [0.2, 0.25) is 0 Å². The second-order valence-corrected chi connectivity index (χ2v) is 2.54. The molecular formula is C9H8CrO5S. The molecular weight excluding hydrogens is 272 g/mol. The summed E-state index contributed by atoms with van der Waals surface area (Å²) in [7, 11) is 0. The zero-order valence-corrected chi connectivity index (χ0v) is 10.3. The molecule has 1 heterocycles. The van der Waals surface area contributed by atoms with Gasteiger partial charge in [-0.15, -0.1) is 0 Å². The Morgan fingerprint density at radius 2 is 0.750 bits per heavy atom. The average molecular weight is 280 g/mol. The molecule has 0 saturated carbocycles. The minimum absolute atomic E-state index is 0. The zero-order valence-electron chi connectivity index (χ0n) is 8.19. The molecule has 0 aromatic carbocycles. The minimum Gasteiger partial charge on any atom is 0 e. The molecule has 1 aliphatic rings. The van der Waals surface area contributed by atoms with Gasteiger partial charge in [-0.3, -0.25) is 0 Å². The summed E-state index contributed by atoms with van der Waals surface area (Å²) in [6.45, 7) is 22.5. The van der Waals surface area contributed by atoms with Crippen LogP contribution in [0.15, 0.2) is 0 Å². The fourth-order valence-electron chi connectivity index (χ4n) is 0.510. The van der Waals surface area contributed by atoms with Crippen molar-refractivity contribution in [2.24, 2.45) is 0 Å². The van der Waals surface area contributed by atoms with Crippen molar-refractivity contribution in [1.29, 1.82) is 0 Å². The van der Waals surface area contributed by atoms with E-state index >= 15 is 0 Å². The summed E-state index contributed by atoms with van der Waals surface area (Å²) in [5, 5.41) is 0. The first-order valence-electron chi connectivity index (χ1n) is 3.10. The molecule has 0 unspecified atom stereocenters. The summed E-state index contributed by atoms with van der Waals surface area (Å²) < 4.78 is 37.5. The summed E-state index contributed by atoms with van der Waals surface area (Å²) >= 11 is 2.07. The molecule has 0 aromatic rings. The molecule has 0 atom stereocenters. The number of hydrogen-bond acceptors (Lipinski definition) is 1. The van der Waals surface area contributed by atoms with Crippen LogP contribution in [0.25, 0.3) is 0 Å². The molecule has 5 nitrogen and oxygen atoms in total. The van der Waals surface area contributed by atoms with Crippen molar-refractivity contribution in [2.75, 3.05) is 11.5 Å². The normalized spacial score (nSPS) is 8.12. The predicted molar refractivity (Wildman–Crippen MR) is 46.2 cm³/mol. The molecule has 1 fully saturated rings. The molecule has 1 aliphatic heterocycles. The van der Waals surface area contributed by atoms with Crippen LogP contribution in [0.4, 0.5) is 0 Å². The fraction of sp³-hybridized carbons (Fsp3) is 0.444. The Hall–Kier alpha value is -0.418. The van der Waals surface area contributed by atoms with Crippen LogP contribution >= 0.6 is 11.8 Å². The van der Waals surface area contributed by atoms with Crippen LogP contribution in [0.3, 0.4) is 0 Å². The topological polar surface area (TPSA) is 99.5 Å². The maximum Gasteiger partial charge on any atom is 0 e. The van der Waals surface area contributed by atoms with Gasteiger partial charge in [0.05, 0.1) is 0 Å². The number of hydrogen-bond donors (Lipinski definition) is 0. The van der Waals surface area contributed by atoms with Gasteiger partial charge in [-0.1, -0.05) is 0 Å². The number of thioether (sulfide) groups is 1. The summed E-state index contributed by atoms with van der Waals surface area (Å²) in [4.78, 5) is 0. The molecule has 16 heavy (non-hydrogen) atoms. The predicted octanol–water partition coefficient (Wildman–Crippen LogP) is 1.32. The van der Waals surface area contributed by atoms with Gasteiger partial charge < -0.3 is 0 Å². The Bertz CT molecular complexity index is 127. The van der Waals surface area contributed by atoms with Gasteiger partial charge in [-0.05, 0) is 24.3 Å². The summed E-state index contributed by atoms with van der Waals surface area (Å²) in [6, 6.07) is 0. The molecule has 0 bridgehead atoms. The third-order valence-corrected chi connectivity index (χ3v) is 1.98. The molecule has 7 heteroatoms. The van der Waals surface area contributed by atoms with E-state index in [9.17, 15) is 0 Å². The third-order valence-electron chi connectivity index (χ3n) is 0.827. The van der Waals surface area contributed by atoms with E-state index in [4.69, 9.17) is 23.3 Å². The van der Waals surface area contributed by atoms with Crippen molar-refractivity contribution in [3.63, 3.8) is 0 Å². The van der Waals surface area contributed by atoms with Crippen LogP contribution in [0.5, 0.6) is 0 Å². The van der Waals surface area contributed by atoms with E-state index in [1.54, 1.807) is 0 Å². The van der Waals surface area contributed by atoms with E-state index in [1.165, 1.54) is 24.3 Å². The minimum atomic E-state index is 0. The average Bonchev–Trinajstić information content (AvgIpc) is 3.00. The van der Waals surface area contributed by atoms with Crippen molar-refractivity contribution in [1.82, 2.24) is 0 Å². The molecule has 0 spiro atoms. The summed E-state index contributed by atoms with van der Waals surface area (Å²) in [6.07, 6.45) is 2.93. The molecule has 0 radical (unpaired) electrons. The first-order chi connectivity index (χ1) is 7.50. The second kappa shape index (κ2) is 128. The van der Waals surface area contributed by atoms with E-state index in [0.29, 0.717) is 0 Å². The van der Waals surface area contributed by atoms with E-state index in [0.717, 1.165) is 0 Å². The second-order valence-electron chi connectivity index (χ2n) is 1.32. The summed E-state index contributed by atoms with van der Waals surface area (Å²) in [5.41, 5.74) is 0. The number of rotatable bonds is 0. The van der Waals surface area contributed by atoms with E-state index in [2.05, 4.69) is 45.0 Å². The molecule has 0 aliphatic carbocycles. The van der Waals surface area contributed by atoms with Gasteiger partial charge in [0.1, 0.15) is 0 Å². The first-order valence-corrected chi connectivity index (χ1v) is 4.25. The Kier molecular flexibility index (Phi) is 289. The fourth-order valence-corrected chi connectivity index (χ4v) is 1.53. The van der Waals surface area contributed by atoms with Crippen LogP contribution in [-0.4, -0.2) is 11.5 Å².